The minimum atomic E-state index is -0.334. The molecule has 0 saturated heterocycles. The van der Waals surface area contributed by atoms with Crippen LogP contribution in [0.4, 0.5) is 5.69 Å². The van der Waals surface area contributed by atoms with Crippen LogP contribution in [-0.2, 0) is 11.8 Å². The van der Waals surface area contributed by atoms with Crippen molar-refractivity contribution in [2.24, 2.45) is 7.05 Å². The maximum atomic E-state index is 12.8. The van der Waals surface area contributed by atoms with E-state index in [0.29, 0.717) is 16.9 Å². The highest BCUT2D eigenvalue weighted by Gasteiger charge is 2.18. The van der Waals surface area contributed by atoms with Crippen molar-refractivity contribution in [3.8, 4) is 5.69 Å². The molecule has 0 fully saturated rings. The van der Waals surface area contributed by atoms with E-state index in [9.17, 15) is 14.4 Å². The standard InChI is InChI=1S/C21H22N4O3/c1-15-19(21(28)25(24(15)2)17-11-7-4-8-12-17)23-18(26)13-14-22-20(27)16-9-5-3-6-10-16/h3-12H,13-14H2,1-2H3,(H,22,27)(H,23,26). The van der Waals surface area contributed by atoms with Crippen molar-refractivity contribution in [3.05, 3.63) is 82.3 Å². The Labute approximate surface area is 162 Å². The molecular formula is C21H22N4O3. The Morgan fingerprint density at radius 2 is 1.57 bits per heavy atom. The summed E-state index contributed by atoms with van der Waals surface area (Å²) in [7, 11) is 1.76. The van der Waals surface area contributed by atoms with E-state index in [1.54, 1.807) is 42.9 Å². The minimum absolute atomic E-state index is 0.0671. The number of carbonyl (C=O) groups excluding carboxylic acids is 2. The average molecular weight is 378 g/mol. The number of nitrogens with zero attached hydrogens (tertiary/aromatic N) is 2. The summed E-state index contributed by atoms with van der Waals surface area (Å²) in [6.45, 7) is 1.95. The lowest BCUT2D eigenvalue weighted by atomic mass is 10.2. The van der Waals surface area contributed by atoms with E-state index >= 15 is 0 Å². The molecule has 7 heteroatoms. The molecule has 0 radical (unpaired) electrons. The van der Waals surface area contributed by atoms with Crippen LogP contribution < -0.4 is 16.2 Å². The lowest BCUT2D eigenvalue weighted by Gasteiger charge is -2.07. The Bertz CT molecular complexity index is 1040. The van der Waals surface area contributed by atoms with Gasteiger partial charge in [0.2, 0.25) is 5.91 Å². The third kappa shape index (κ3) is 4.03. The molecule has 0 aliphatic heterocycles. The first-order valence-electron chi connectivity index (χ1n) is 8.96. The molecule has 2 aromatic carbocycles. The Hall–Kier alpha value is -3.61. The molecule has 0 aliphatic carbocycles. The highest BCUT2D eigenvalue weighted by Crippen LogP contribution is 2.14. The molecule has 7 nitrogen and oxygen atoms in total. The largest absolute Gasteiger partial charge is 0.352 e. The van der Waals surface area contributed by atoms with Crippen LogP contribution in [-0.4, -0.2) is 27.7 Å². The molecule has 0 bridgehead atoms. The van der Waals surface area contributed by atoms with Crippen LogP contribution >= 0.6 is 0 Å². The fourth-order valence-electron chi connectivity index (χ4n) is 2.90. The molecule has 144 valence electrons. The van der Waals surface area contributed by atoms with Crippen LogP contribution in [0.25, 0.3) is 5.69 Å². The average Bonchev–Trinajstić information content (AvgIpc) is 2.92. The molecule has 3 rings (SSSR count). The highest BCUT2D eigenvalue weighted by atomic mass is 16.2. The van der Waals surface area contributed by atoms with Crippen molar-refractivity contribution in [2.75, 3.05) is 11.9 Å². The number of amides is 2. The Balaban J connectivity index is 1.65. The van der Waals surface area contributed by atoms with Crippen LogP contribution in [0.2, 0.25) is 0 Å². The van der Waals surface area contributed by atoms with E-state index in [4.69, 9.17) is 0 Å². The topological polar surface area (TPSA) is 85.1 Å². The normalized spacial score (nSPS) is 10.5. The summed E-state index contributed by atoms with van der Waals surface area (Å²) in [6.07, 6.45) is 0.0671. The van der Waals surface area contributed by atoms with Gasteiger partial charge in [0.1, 0.15) is 5.69 Å². The van der Waals surface area contributed by atoms with Crippen LogP contribution in [0.1, 0.15) is 22.5 Å². The summed E-state index contributed by atoms with van der Waals surface area (Å²) in [5.74, 6) is -0.574. The Morgan fingerprint density at radius 1 is 0.964 bits per heavy atom. The first-order chi connectivity index (χ1) is 13.5. The van der Waals surface area contributed by atoms with E-state index in [-0.39, 0.29) is 36.0 Å². The molecule has 0 saturated carbocycles. The number of nitrogens with one attached hydrogen (secondary N) is 2. The minimum Gasteiger partial charge on any atom is -0.352 e. The first kappa shape index (κ1) is 19.2. The van der Waals surface area contributed by atoms with Gasteiger partial charge in [0.25, 0.3) is 11.5 Å². The van der Waals surface area contributed by atoms with Crippen molar-refractivity contribution < 1.29 is 9.59 Å². The van der Waals surface area contributed by atoms with E-state index < -0.39 is 0 Å². The van der Waals surface area contributed by atoms with Crippen molar-refractivity contribution in [2.45, 2.75) is 13.3 Å². The number of para-hydroxylation sites is 1. The van der Waals surface area contributed by atoms with Gasteiger partial charge in [-0.3, -0.25) is 19.1 Å². The number of carbonyl (C=O) groups is 2. The summed E-state index contributed by atoms with van der Waals surface area (Å²) in [6, 6.07) is 18.0. The van der Waals surface area contributed by atoms with E-state index in [1.807, 2.05) is 36.4 Å². The molecule has 0 spiro atoms. The summed E-state index contributed by atoms with van der Waals surface area (Å²) in [4.78, 5) is 37.0. The van der Waals surface area contributed by atoms with Crippen molar-refractivity contribution in [3.63, 3.8) is 0 Å². The van der Waals surface area contributed by atoms with Gasteiger partial charge in [-0.2, -0.15) is 0 Å². The van der Waals surface area contributed by atoms with Crippen LogP contribution in [0.3, 0.4) is 0 Å². The number of aromatic nitrogens is 2. The second kappa shape index (κ2) is 8.39. The molecule has 3 aromatic rings. The molecule has 0 aliphatic rings. The lowest BCUT2D eigenvalue weighted by molar-refractivity contribution is -0.116. The molecule has 2 amide bonds. The van der Waals surface area contributed by atoms with Gasteiger partial charge < -0.3 is 10.6 Å². The molecule has 2 N–H and O–H groups in total. The molecular weight excluding hydrogens is 356 g/mol. The smallest absolute Gasteiger partial charge is 0.295 e. The van der Waals surface area contributed by atoms with Gasteiger partial charge in [-0.1, -0.05) is 36.4 Å². The molecule has 1 aromatic heterocycles. The summed E-state index contributed by atoms with van der Waals surface area (Å²) in [5.41, 5.74) is 1.84. The van der Waals surface area contributed by atoms with Crippen LogP contribution in [0.5, 0.6) is 0 Å². The molecule has 28 heavy (non-hydrogen) atoms. The third-order valence-electron chi connectivity index (χ3n) is 4.49. The number of rotatable bonds is 6. The fourth-order valence-corrected chi connectivity index (χ4v) is 2.90. The number of hydrogen-bond donors (Lipinski definition) is 2. The quantitative estimate of drug-likeness (QED) is 0.690. The second-order valence-corrected chi connectivity index (χ2v) is 6.36. The molecule has 0 atom stereocenters. The zero-order valence-corrected chi connectivity index (χ0v) is 15.8. The van der Waals surface area contributed by atoms with E-state index in [2.05, 4.69) is 10.6 Å². The predicted octanol–water partition coefficient (Wildman–Crippen LogP) is 2.24. The van der Waals surface area contributed by atoms with Gasteiger partial charge in [0, 0.05) is 25.6 Å². The van der Waals surface area contributed by atoms with Gasteiger partial charge in [0.05, 0.1) is 11.4 Å². The fraction of sp³-hybridized carbons (Fsp3) is 0.190. The highest BCUT2D eigenvalue weighted by molar-refractivity contribution is 5.95. The van der Waals surface area contributed by atoms with Gasteiger partial charge in [-0.15, -0.1) is 0 Å². The van der Waals surface area contributed by atoms with Crippen LogP contribution in [0.15, 0.2) is 65.5 Å². The SMILES string of the molecule is Cc1c(NC(=O)CCNC(=O)c2ccccc2)c(=O)n(-c2ccccc2)n1C. The van der Waals surface area contributed by atoms with Crippen molar-refractivity contribution in [1.29, 1.82) is 0 Å². The summed E-state index contributed by atoms with van der Waals surface area (Å²) >= 11 is 0. The van der Waals surface area contributed by atoms with Gasteiger partial charge in [-0.25, -0.2) is 4.68 Å². The zero-order valence-electron chi connectivity index (χ0n) is 15.8. The van der Waals surface area contributed by atoms with Gasteiger partial charge >= 0.3 is 0 Å². The number of anilines is 1. The van der Waals surface area contributed by atoms with E-state index in [1.165, 1.54) is 4.68 Å². The number of benzene rings is 2. The van der Waals surface area contributed by atoms with Gasteiger partial charge in [0.15, 0.2) is 0 Å². The first-order valence-corrected chi connectivity index (χ1v) is 8.96. The Morgan fingerprint density at radius 3 is 2.21 bits per heavy atom. The van der Waals surface area contributed by atoms with Gasteiger partial charge in [-0.05, 0) is 31.2 Å². The third-order valence-corrected chi connectivity index (χ3v) is 4.49. The lowest BCUT2D eigenvalue weighted by Crippen LogP contribution is -2.28. The maximum absolute atomic E-state index is 12.8. The second-order valence-electron chi connectivity index (χ2n) is 6.36. The zero-order chi connectivity index (χ0) is 20.1. The number of hydrogen-bond acceptors (Lipinski definition) is 3. The van der Waals surface area contributed by atoms with Crippen molar-refractivity contribution >= 4 is 17.5 Å². The monoisotopic (exact) mass is 378 g/mol. The summed E-state index contributed by atoms with van der Waals surface area (Å²) < 4.78 is 3.20. The molecule has 0 unspecified atom stereocenters. The summed E-state index contributed by atoms with van der Waals surface area (Å²) in [5, 5.41) is 5.38. The maximum Gasteiger partial charge on any atom is 0.295 e. The Kier molecular flexibility index (Phi) is 5.74. The van der Waals surface area contributed by atoms with E-state index in [0.717, 1.165) is 0 Å². The molecule has 1 heterocycles. The predicted molar refractivity (Wildman–Crippen MR) is 108 cm³/mol. The van der Waals surface area contributed by atoms with Crippen molar-refractivity contribution in [1.82, 2.24) is 14.7 Å². The van der Waals surface area contributed by atoms with Crippen LogP contribution in [0, 0.1) is 6.92 Å².